The van der Waals surface area contributed by atoms with Gasteiger partial charge in [-0.2, -0.15) is 5.06 Å². The number of nitrogens with zero attached hydrogens (tertiary/aromatic N) is 2. The molecule has 1 unspecified atom stereocenters. The lowest BCUT2D eigenvalue weighted by Gasteiger charge is -2.42. The van der Waals surface area contributed by atoms with Crippen LogP contribution in [0.25, 0.3) is 5.57 Å². The van der Waals surface area contributed by atoms with Crippen LogP contribution < -0.4 is 0 Å². The Kier molecular flexibility index (Phi) is 4.36. The molecule has 1 N–H and O–H groups in total. The molecule has 2 aliphatic heterocycles. The Morgan fingerprint density at radius 1 is 1.13 bits per heavy atom. The molecule has 1 aromatic rings. The van der Waals surface area contributed by atoms with E-state index in [4.69, 9.17) is 4.84 Å². The number of aliphatic hydroxyl groups is 1. The fourth-order valence-electron chi connectivity index (χ4n) is 4.31. The zero-order chi connectivity index (χ0) is 16.8. The number of hydrogen-bond acceptors (Lipinski definition) is 4. The molecule has 1 spiro atoms. The van der Waals surface area contributed by atoms with Crippen molar-refractivity contribution < 1.29 is 9.94 Å². The van der Waals surface area contributed by atoms with Crippen molar-refractivity contribution in [1.29, 1.82) is 0 Å². The van der Waals surface area contributed by atoms with E-state index in [-0.39, 0.29) is 5.54 Å². The summed E-state index contributed by atoms with van der Waals surface area (Å²) in [5, 5.41) is 12.9. The molecule has 0 saturated carbocycles. The molecule has 0 bridgehead atoms. The summed E-state index contributed by atoms with van der Waals surface area (Å²) in [7, 11) is 3.76. The van der Waals surface area contributed by atoms with Crippen LogP contribution in [0.1, 0.15) is 35.1 Å². The van der Waals surface area contributed by atoms with E-state index in [1.807, 2.05) is 12.1 Å². The van der Waals surface area contributed by atoms with Gasteiger partial charge in [-0.05, 0) is 57.4 Å². The van der Waals surface area contributed by atoms with Gasteiger partial charge in [-0.25, -0.2) is 0 Å². The summed E-state index contributed by atoms with van der Waals surface area (Å²) in [5.41, 5.74) is 5.97. The van der Waals surface area contributed by atoms with Crippen molar-refractivity contribution in [1.82, 2.24) is 9.96 Å². The highest BCUT2D eigenvalue weighted by atomic mass is 16.7. The van der Waals surface area contributed by atoms with Gasteiger partial charge in [-0.3, -0.25) is 4.90 Å². The smallest absolute Gasteiger partial charge is 0.134 e. The van der Waals surface area contributed by atoms with Crippen molar-refractivity contribution in [2.75, 3.05) is 27.2 Å². The van der Waals surface area contributed by atoms with Crippen molar-refractivity contribution in [3.05, 3.63) is 40.5 Å². The molecular formula is C19H28N2O2. The van der Waals surface area contributed by atoms with E-state index in [0.29, 0.717) is 0 Å². The molecule has 0 radical (unpaired) electrons. The van der Waals surface area contributed by atoms with Gasteiger partial charge in [0.2, 0.25) is 0 Å². The van der Waals surface area contributed by atoms with Gasteiger partial charge < -0.3 is 9.94 Å². The van der Waals surface area contributed by atoms with Crippen LogP contribution in [-0.2, 0) is 4.84 Å². The molecule has 3 rings (SSSR count). The first-order valence-corrected chi connectivity index (χ1v) is 8.39. The van der Waals surface area contributed by atoms with Crippen molar-refractivity contribution in [2.24, 2.45) is 0 Å². The average Bonchev–Trinajstić information content (AvgIpc) is 2.73. The van der Waals surface area contributed by atoms with E-state index in [2.05, 4.69) is 43.9 Å². The van der Waals surface area contributed by atoms with Crippen molar-refractivity contribution in [3.8, 4) is 0 Å². The number of likely N-dealkylation sites (N-methyl/N-ethyl adjacent to an activating group) is 1. The number of benzene rings is 1. The summed E-state index contributed by atoms with van der Waals surface area (Å²) < 4.78 is 0. The van der Waals surface area contributed by atoms with Crippen LogP contribution in [0.3, 0.4) is 0 Å². The Morgan fingerprint density at radius 2 is 1.70 bits per heavy atom. The predicted molar refractivity (Wildman–Crippen MR) is 92.9 cm³/mol. The van der Waals surface area contributed by atoms with Crippen molar-refractivity contribution in [3.63, 3.8) is 0 Å². The maximum absolute atomic E-state index is 10.9. The fraction of sp³-hybridized carbons (Fsp3) is 0.579. The molecule has 2 aliphatic rings. The highest BCUT2D eigenvalue weighted by Crippen LogP contribution is 2.43. The predicted octanol–water partition coefficient (Wildman–Crippen LogP) is 2.66. The minimum atomic E-state index is -0.538. The molecule has 1 fully saturated rings. The molecule has 4 nitrogen and oxygen atoms in total. The van der Waals surface area contributed by atoms with Crippen LogP contribution in [-0.4, -0.2) is 54.1 Å². The number of piperidine rings is 1. The Bertz CT molecular complexity index is 607. The van der Waals surface area contributed by atoms with E-state index in [1.54, 1.807) is 7.11 Å². The summed E-state index contributed by atoms with van der Waals surface area (Å²) in [4.78, 5) is 7.48. The van der Waals surface area contributed by atoms with Crippen LogP contribution >= 0.6 is 0 Å². The van der Waals surface area contributed by atoms with Gasteiger partial charge in [-0.1, -0.05) is 23.8 Å². The molecule has 1 saturated heterocycles. The lowest BCUT2D eigenvalue weighted by Crippen LogP contribution is -2.52. The van der Waals surface area contributed by atoms with Crippen LogP contribution in [0.5, 0.6) is 0 Å². The Morgan fingerprint density at radius 3 is 2.22 bits per heavy atom. The first kappa shape index (κ1) is 16.7. The number of hydrogen-bond donors (Lipinski definition) is 1. The lowest BCUT2D eigenvalue weighted by molar-refractivity contribution is -0.160. The second kappa shape index (κ2) is 6.02. The number of hydroxylamine groups is 2. The van der Waals surface area contributed by atoms with Crippen molar-refractivity contribution in [2.45, 2.75) is 45.4 Å². The number of rotatable bonds is 2. The van der Waals surface area contributed by atoms with E-state index in [1.165, 1.54) is 22.3 Å². The summed E-state index contributed by atoms with van der Waals surface area (Å²) in [6.45, 7) is 8.19. The molecule has 1 aromatic carbocycles. The monoisotopic (exact) mass is 316 g/mol. The molecule has 1 atom stereocenters. The zero-order valence-electron chi connectivity index (χ0n) is 14.9. The minimum Gasteiger partial charge on any atom is -0.374 e. The van der Waals surface area contributed by atoms with Crippen LogP contribution in [0.4, 0.5) is 0 Å². The molecule has 126 valence electrons. The van der Waals surface area contributed by atoms with E-state index in [9.17, 15) is 5.11 Å². The van der Waals surface area contributed by atoms with Gasteiger partial charge in [0.05, 0.1) is 7.11 Å². The Hall–Kier alpha value is -1.20. The molecule has 0 aliphatic carbocycles. The third-order valence-electron chi connectivity index (χ3n) is 5.58. The maximum Gasteiger partial charge on any atom is 0.134 e. The van der Waals surface area contributed by atoms with Gasteiger partial charge in [0, 0.05) is 24.2 Å². The standard InChI is InChI=1S/C19H28N2O2/c1-13-10-14(2)17(15(3)11-13)16-12-19(20(4)18(16)22)6-8-21(23-5)9-7-19/h10-12,18,22H,6-9H2,1-5H3. The number of aryl methyl sites for hydroxylation is 3. The van der Waals surface area contributed by atoms with Crippen LogP contribution in [0.15, 0.2) is 18.2 Å². The minimum absolute atomic E-state index is 0.0620. The van der Waals surface area contributed by atoms with E-state index >= 15 is 0 Å². The second-order valence-electron chi connectivity index (χ2n) is 7.07. The molecule has 0 amide bonds. The van der Waals surface area contributed by atoms with Crippen molar-refractivity contribution >= 4 is 5.57 Å². The van der Waals surface area contributed by atoms with Crippen LogP contribution in [0, 0.1) is 20.8 Å². The summed E-state index contributed by atoms with van der Waals surface area (Å²) in [6, 6.07) is 4.41. The van der Waals surface area contributed by atoms with Crippen LogP contribution in [0.2, 0.25) is 0 Å². The summed E-state index contributed by atoms with van der Waals surface area (Å²) >= 11 is 0. The fourth-order valence-corrected chi connectivity index (χ4v) is 4.31. The van der Waals surface area contributed by atoms with Gasteiger partial charge in [-0.15, -0.1) is 0 Å². The highest BCUT2D eigenvalue weighted by Gasteiger charge is 2.45. The first-order valence-electron chi connectivity index (χ1n) is 8.39. The normalized spacial score (nSPS) is 25.1. The largest absolute Gasteiger partial charge is 0.374 e. The van der Waals surface area contributed by atoms with Gasteiger partial charge in [0.1, 0.15) is 6.23 Å². The molecule has 2 heterocycles. The lowest BCUT2D eigenvalue weighted by atomic mass is 9.86. The molecule has 23 heavy (non-hydrogen) atoms. The second-order valence-corrected chi connectivity index (χ2v) is 7.07. The van der Waals surface area contributed by atoms with Gasteiger partial charge >= 0.3 is 0 Å². The van der Waals surface area contributed by atoms with Gasteiger partial charge in [0.15, 0.2) is 0 Å². The highest BCUT2D eigenvalue weighted by molar-refractivity contribution is 5.76. The third kappa shape index (κ3) is 2.74. The summed E-state index contributed by atoms with van der Waals surface area (Å²) in [6.07, 6.45) is 3.73. The van der Waals surface area contributed by atoms with E-state index < -0.39 is 6.23 Å². The molecule has 0 aromatic heterocycles. The first-order chi connectivity index (χ1) is 10.9. The zero-order valence-corrected chi connectivity index (χ0v) is 14.9. The topological polar surface area (TPSA) is 35.9 Å². The SMILES string of the molecule is CON1CCC2(C=C(c3c(C)cc(C)cc3C)C(O)N2C)CC1. The Balaban J connectivity index is 1.99. The molecule has 4 heteroatoms. The summed E-state index contributed by atoms with van der Waals surface area (Å²) in [5.74, 6) is 0. The average molecular weight is 316 g/mol. The molecular weight excluding hydrogens is 288 g/mol. The maximum atomic E-state index is 10.9. The van der Waals surface area contributed by atoms with Gasteiger partial charge in [0.25, 0.3) is 0 Å². The quantitative estimate of drug-likeness (QED) is 0.910. The Labute approximate surface area is 139 Å². The third-order valence-corrected chi connectivity index (χ3v) is 5.58. The van der Waals surface area contributed by atoms with E-state index in [0.717, 1.165) is 31.5 Å². The number of aliphatic hydroxyl groups excluding tert-OH is 1.